The first kappa shape index (κ1) is 13.7. The van der Waals surface area contributed by atoms with Crippen LogP contribution in [-0.4, -0.2) is 20.6 Å². The molecule has 0 aliphatic carbocycles. The standard InChI is InChI=1S/C15H22N4/c1-4-5-14-17-8-9-19(14)15-10-13(6-7-16-15)11-18-12(2)3/h6-10,12,18H,4-5,11H2,1-3H3. The molecular weight excluding hydrogens is 236 g/mol. The Hall–Kier alpha value is -1.68. The molecule has 0 aliphatic heterocycles. The Balaban J connectivity index is 2.20. The molecule has 4 heteroatoms. The summed E-state index contributed by atoms with van der Waals surface area (Å²) < 4.78 is 2.07. The van der Waals surface area contributed by atoms with Crippen molar-refractivity contribution < 1.29 is 0 Å². The van der Waals surface area contributed by atoms with E-state index in [-0.39, 0.29) is 0 Å². The Morgan fingerprint density at radius 1 is 1.26 bits per heavy atom. The fraction of sp³-hybridized carbons (Fsp3) is 0.467. The van der Waals surface area contributed by atoms with Gasteiger partial charge >= 0.3 is 0 Å². The highest BCUT2D eigenvalue weighted by Gasteiger charge is 2.06. The van der Waals surface area contributed by atoms with E-state index in [1.54, 1.807) is 0 Å². The molecule has 1 N–H and O–H groups in total. The molecule has 4 nitrogen and oxygen atoms in total. The van der Waals surface area contributed by atoms with Gasteiger partial charge in [-0.15, -0.1) is 0 Å². The predicted octanol–water partition coefficient (Wildman–Crippen LogP) is 2.72. The summed E-state index contributed by atoms with van der Waals surface area (Å²) in [4.78, 5) is 8.84. The first-order chi connectivity index (χ1) is 9.20. The third-order valence-corrected chi connectivity index (χ3v) is 2.96. The Morgan fingerprint density at radius 2 is 2.11 bits per heavy atom. The molecule has 2 aromatic rings. The summed E-state index contributed by atoms with van der Waals surface area (Å²) in [5.41, 5.74) is 1.25. The first-order valence-corrected chi connectivity index (χ1v) is 6.91. The van der Waals surface area contributed by atoms with Crippen LogP contribution in [0.3, 0.4) is 0 Å². The van der Waals surface area contributed by atoms with Crippen LogP contribution in [0.5, 0.6) is 0 Å². The van der Waals surface area contributed by atoms with Crippen LogP contribution < -0.4 is 5.32 Å². The fourth-order valence-corrected chi connectivity index (χ4v) is 1.98. The van der Waals surface area contributed by atoms with Gasteiger partial charge in [0.25, 0.3) is 0 Å². The lowest BCUT2D eigenvalue weighted by molar-refractivity contribution is 0.588. The summed E-state index contributed by atoms with van der Waals surface area (Å²) in [7, 11) is 0. The zero-order chi connectivity index (χ0) is 13.7. The van der Waals surface area contributed by atoms with E-state index in [1.807, 2.05) is 18.6 Å². The van der Waals surface area contributed by atoms with Crippen LogP contribution in [0.2, 0.25) is 0 Å². The summed E-state index contributed by atoms with van der Waals surface area (Å²) >= 11 is 0. The van der Waals surface area contributed by atoms with Crippen molar-refractivity contribution >= 4 is 0 Å². The van der Waals surface area contributed by atoms with Gasteiger partial charge < -0.3 is 5.32 Å². The van der Waals surface area contributed by atoms with Gasteiger partial charge in [-0.3, -0.25) is 4.57 Å². The lowest BCUT2D eigenvalue weighted by atomic mass is 10.2. The normalized spacial score (nSPS) is 11.2. The van der Waals surface area contributed by atoms with Crippen LogP contribution >= 0.6 is 0 Å². The molecule has 0 unspecified atom stereocenters. The van der Waals surface area contributed by atoms with Crippen molar-refractivity contribution in [2.24, 2.45) is 0 Å². The summed E-state index contributed by atoms with van der Waals surface area (Å²) in [6.45, 7) is 7.33. The summed E-state index contributed by atoms with van der Waals surface area (Å²) in [6.07, 6.45) is 7.75. The number of hydrogen-bond donors (Lipinski definition) is 1. The van der Waals surface area contributed by atoms with E-state index in [1.165, 1.54) is 5.56 Å². The second-order valence-electron chi connectivity index (χ2n) is 5.02. The molecule has 2 rings (SSSR count). The van der Waals surface area contributed by atoms with Crippen molar-refractivity contribution in [1.82, 2.24) is 19.9 Å². The second-order valence-corrected chi connectivity index (χ2v) is 5.02. The van der Waals surface area contributed by atoms with Crippen molar-refractivity contribution in [3.05, 3.63) is 42.1 Å². The van der Waals surface area contributed by atoms with E-state index in [2.05, 4.69) is 52.8 Å². The third-order valence-electron chi connectivity index (χ3n) is 2.96. The number of hydrogen-bond acceptors (Lipinski definition) is 3. The zero-order valence-corrected chi connectivity index (χ0v) is 11.9. The number of rotatable bonds is 6. The highest BCUT2D eigenvalue weighted by molar-refractivity contribution is 5.29. The Morgan fingerprint density at radius 3 is 2.84 bits per heavy atom. The molecular formula is C15H22N4. The minimum atomic E-state index is 0.487. The van der Waals surface area contributed by atoms with Crippen molar-refractivity contribution in [3.8, 4) is 5.82 Å². The number of aryl methyl sites for hydroxylation is 1. The van der Waals surface area contributed by atoms with Crippen LogP contribution in [0.1, 0.15) is 38.6 Å². The predicted molar refractivity (Wildman–Crippen MR) is 77.3 cm³/mol. The average molecular weight is 258 g/mol. The molecule has 102 valence electrons. The molecule has 0 fully saturated rings. The maximum atomic E-state index is 4.45. The SMILES string of the molecule is CCCc1nccn1-c1cc(CNC(C)C)ccn1. The van der Waals surface area contributed by atoms with E-state index < -0.39 is 0 Å². The van der Waals surface area contributed by atoms with Crippen LogP contribution in [0.15, 0.2) is 30.7 Å². The van der Waals surface area contributed by atoms with Crippen LogP contribution in [0.25, 0.3) is 5.82 Å². The molecule has 0 aromatic carbocycles. The average Bonchev–Trinajstić information content (AvgIpc) is 2.85. The smallest absolute Gasteiger partial charge is 0.138 e. The Labute approximate surface area is 114 Å². The highest BCUT2D eigenvalue weighted by atomic mass is 15.1. The van der Waals surface area contributed by atoms with Gasteiger partial charge in [-0.1, -0.05) is 20.8 Å². The van der Waals surface area contributed by atoms with E-state index >= 15 is 0 Å². The largest absolute Gasteiger partial charge is 0.310 e. The topological polar surface area (TPSA) is 42.7 Å². The molecule has 0 amide bonds. The van der Waals surface area contributed by atoms with Crippen molar-refractivity contribution in [2.45, 2.75) is 46.2 Å². The summed E-state index contributed by atoms with van der Waals surface area (Å²) in [5, 5.41) is 3.42. The minimum absolute atomic E-state index is 0.487. The van der Waals surface area contributed by atoms with Crippen LogP contribution in [0.4, 0.5) is 0 Å². The first-order valence-electron chi connectivity index (χ1n) is 6.91. The fourth-order valence-electron chi connectivity index (χ4n) is 1.98. The molecule has 0 saturated heterocycles. The lowest BCUT2D eigenvalue weighted by Gasteiger charge is -2.10. The number of aromatic nitrogens is 3. The molecule has 0 atom stereocenters. The van der Waals surface area contributed by atoms with Gasteiger partial charge in [0.1, 0.15) is 11.6 Å². The molecule has 0 spiro atoms. The van der Waals surface area contributed by atoms with Gasteiger partial charge in [-0.05, 0) is 24.1 Å². The molecule has 0 saturated carbocycles. The molecule has 0 radical (unpaired) electrons. The monoisotopic (exact) mass is 258 g/mol. The molecule has 2 aromatic heterocycles. The van der Waals surface area contributed by atoms with Crippen molar-refractivity contribution in [1.29, 1.82) is 0 Å². The van der Waals surface area contributed by atoms with Crippen molar-refractivity contribution in [2.75, 3.05) is 0 Å². The van der Waals surface area contributed by atoms with Gasteiger partial charge in [0.05, 0.1) is 0 Å². The molecule has 0 bridgehead atoms. The summed E-state index contributed by atoms with van der Waals surface area (Å²) in [5.74, 6) is 2.02. The lowest BCUT2D eigenvalue weighted by Crippen LogP contribution is -2.21. The van der Waals surface area contributed by atoms with Gasteiger partial charge in [0, 0.05) is 37.6 Å². The minimum Gasteiger partial charge on any atom is -0.310 e. The van der Waals surface area contributed by atoms with E-state index in [0.29, 0.717) is 6.04 Å². The Kier molecular flexibility index (Phi) is 4.68. The maximum Gasteiger partial charge on any atom is 0.138 e. The van der Waals surface area contributed by atoms with Gasteiger partial charge in [0.15, 0.2) is 0 Å². The number of nitrogens with one attached hydrogen (secondary N) is 1. The molecule has 2 heterocycles. The Bertz CT molecular complexity index is 516. The van der Waals surface area contributed by atoms with E-state index in [0.717, 1.165) is 31.0 Å². The van der Waals surface area contributed by atoms with Crippen LogP contribution in [0, 0.1) is 0 Å². The maximum absolute atomic E-state index is 4.45. The van der Waals surface area contributed by atoms with Crippen LogP contribution in [-0.2, 0) is 13.0 Å². The second kappa shape index (κ2) is 6.48. The number of imidazole rings is 1. The quantitative estimate of drug-likeness (QED) is 0.866. The van der Waals surface area contributed by atoms with E-state index in [9.17, 15) is 0 Å². The zero-order valence-electron chi connectivity index (χ0n) is 11.9. The molecule has 19 heavy (non-hydrogen) atoms. The molecule has 0 aliphatic rings. The van der Waals surface area contributed by atoms with E-state index in [4.69, 9.17) is 0 Å². The summed E-state index contributed by atoms with van der Waals surface area (Å²) in [6, 6.07) is 4.66. The highest BCUT2D eigenvalue weighted by Crippen LogP contribution is 2.11. The van der Waals surface area contributed by atoms with Gasteiger partial charge in [0.2, 0.25) is 0 Å². The number of pyridine rings is 1. The van der Waals surface area contributed by atoms with Gasteiger partial charge in [-0.2, -0.15) is 0 Å². The third kappa shape index (κ3) is 3.64. The van der Waals surface area contributed by atoms with Crippen molar-refractivity contribution in [3.63, 3.8) is 0 Å². The van der Waals surface area contributed by atoms with Gasteiger partial charge in [-0.25, -0.2) is 9.97 Å². The number of nitrogens with zero attached hydrogens (tertiary/aromatic N) is 3.